The number of hydrogen-bond acceptors (Lipinski definition) is 4. The van der Waals surface area contributed by atoms with Gasteiger partial charge in [0.05, 0.1) is 14.2 Å². The standard InChI is InChI=1S/C11H16O4/c1-7(6-12)8-4-5-9(14-2)11(15-3)10(8)13/h4-5,7,12-13H,6H2,1-3H3. The van der Waals surface area contributed by atoms with E-state index in [4.69, 9.17) is 14.6 Å². The monoisotopic (exact) mass is 212 g/mol. The molecule has 1 aromatic carbocycles. The molecule has 1 atom stereocenters. The minimum absolute atomic E-state index is 0.0248. The van der Waals surface area contributed by atoms with Crippen LogP contribution in [0.25, 0.3) is 0 Å². The number of methoxy groups -OCH3 is 2. The summed E-state index contributed by atoms with van der Waals surface area (Å²) >= 11 is 0. The molecule has 1 aromatic rings. The van der Waals surface area contributed by atoms with Crippen LogP contribution in [0.15, 0.2) is 12.1 Å². The Bertz CT molecular complexity index is 336. The lowest BCUT2D eigenvalue weighted by Crippen LogP contribution is -2.01. The van der Waals surface area contributed by atoms with Crippen LogP contribution in [-0.4, -0.2) is 31.0 Å². The van der Waals surface area contributed by atoms with Crippen LogP contribution in [0.2, 0.25) is 0 Å². The van der Waals surface area contributed by atoms with Crippen molar-refractivity contribution in [2.45, 2.75) is 12.8 Å². The minimum atomic E-state index is -0.134. The number of phenolic OH excluding ortho intramolecular Hbond substituents is 1. The van der Waals surface area contributed by atoms with Gasteiger partial charge in [-0.05, 0) is 6.07 Å². The molecule has 1 unspecified atom stereocenters. The molecule has 0 aromatic heterocycles. The molecule has 0 spiro atoms. The minimum Gasteiger partial charge on any atom is -0.504 e. The smallest absolute Gasteiger partial charge is 0.203 e. The van der Waals surface area contributed by atoms with Crippen LogP contribution in [0.5, 0.6) is 17.2 Å². The SMILES string of the molecule is COc1ccc(C(C)CO)c(O)c1OC. The van der Waals surface area contributed by atoms with Gasteiger partial charge in [-0.1, -0.05) is 13.0 Å². The number of phenols is 1. The van der Waals surface area contributed by atoms with Crippen molar-refractivity contribution in [1.82, 2.24) is 0 Å². The first-order valence-electron chi connectivity index (χ1n) is 4.70. The summed E-state index contributed by atoms with van der Waals surface area (Å²) in [5, 5.41) is 18.9. The third kappa shape index (κ3) is 2.15. The van der Waals surface area contributed by atoms with Crippen LogP contribution >= 0.6 is 0 Å². The summed E-state index contributed by atoms with van der Waals surface area (Å²) in [6.45, 7) is 1.80. The highest BCUT2D eigenvalue weighted by Crippen LogP contribution is 2.41. The van der Waals surface area contributed by atoms with Gasteiger partial charge in [0.25, 0.3) is 0 Å². The van der Waals surface area contributed by atoms with Crippen LogP contribution in [0.1, 0.15) is 18.4 Å². The van der Waals surface area contributed by atoms with Gasteiger partial charge in [0.2, 0.25) is 5.75 Å². The molecule has 84 valence electrons. The van der Waals surface area contributed by atoms with Gasteiger partial charge in [-0.15, -0.1) is 0 Å². The van der Waals surface area contributed by atoms with E-state index in [1.54, 1.807) is 12.1 Å². The summed E-state index contributed by atoms with van der Waals surface area (Å²) in [5.74, 6) is 0.669. The van der Waals surface area contributed by atoms with Gasteiger partial charge in [0.1, 0.15) is 0 Å². The molecule has 15 heavy (non-hydrogen) atoms. The van der Waals surface area contributed by atoms with E-state index >= 15 is 0 Å². The van der Waals surface area contributed by atoms with Crippen molar-refractivity contribution in [2.75, 3.05) is 20.8 Å². The molecule has 0 saturated heterocycles. The molecule has 0 aliphatic heterocycles. The molecule has 0 aliphatic carbocycles. The summed E-state index contributed by atoms with van der Waals surface area (Å²) < 4.78 is 10.1. The summed E-state index contributed by atoms with van der Waals surface area (Å²) in [4.78, 5) is 0. The fourth-order valence-electron chi connectivity index (χ4n) is 1.42. The van der Waals surface area contributed by atoms with E-state index in [9.17, 15) is 5.11 Å². The van der Waals surface area contributed by atoms with Crippen LogP contribution in [0.3, 0.4) is 0 Å². The van der Waals surface area contributed by atoms with Crippen LogP contribution in [0.4, 0.5) is 0 Å². The van der Waals surface area contributed by atoms with Crippen molar-refractivity contribution in [3.63, 3.8) is 0 Å². The van der Waals surface area contributed by atoms with Crippen molar-refractivity contribution in [3.05, 3.63) is 17.7 Å². The van der Waals surface area contributed by atoms with E-state index in [1.165, 1.54) is 14.2 Å². The zero-order chi connectivity index (χ0) is 11.4. The Morgan fingerprint density at radius 2 is 1.93 bits per heavy atom. The number of aliphatic hydroxyl groups excluding tert-OH is 1. The van der Waals surface area contributed by atoms with Crippen molar-refractivity contribution in [2.24, 2.45) is 0 Å². The van der Waals surface area contributed by atoms with E-state index < -0.39 is 0 Å². The number of benzene rings is 1. The van der Waals surface area contributed by atoms with Crippen molar-refractivity contribution in [1.29, 1.82) is 0 Å². The number of aliphatic hydroxyl groups is 1. The average Bonchev–Trinajstić information content (AvgIpc) is 2.27. The lowest BCUT2D eigenvalue weighted by molar-refractivity contribution is 0.268. The lowest BCUT2D eigenvalue weighted by atomic mass is 10.0. The number of aromatic hydroxyl groups is 1. The third-order valence-corrected chi connectivity index (χ3v) is 2.36. The summed E-state index contributed by atoms with van der Waals surface area (Å²) in [6.07, 6.45) is 0. The number of rotatable bonds is 4. The second kappa shape index (κ2) is 4.89. The summed E-state index contributed by atoms with van der Waals surface area (Å²) in [7, 11) is 2.97. The van der Waals surface area contributed by atoms with E-state index in [0.29, 0.717) is 17.1 Å². The first-order chi connectivity index (χ1) is 7.15. The van der Waals surface area contributed by atoms with Gasteiger partial charge < -0.3 is 19.7 Å². The van der Waals surface area contributed by atoms with Gasteiger partial charge >= 0.3 is 0 Å². The molecule has 2 N–H and O–H groups in total. The molecule has 0 aliphatic rings. The van der Waals surface area contributed by atoms with Gasteiger partial charge in [-0.2, -0.15) is 0 Å². The number of hydrogen-bond donors (Lipinski definition) is 2. The van der Waals surface area contributed by atoms with Crippen LogP contribution < -0.4 is 9.47 Å². The molecule has 4 heteroatoms. The van der Waals surface area contributed by atoms with Crippen molar-refractivity contribution < 1.29 is 19.7 Å². The highest BCUT2D eigenvalue weighted by atomic mass is 16.5. The predicted octanol–water partition coefficient (Wildman–Crippen LogP) is 1.51. The fraction of sp³-hybridized carbons (Fsp3) is 0.455. The largest absolute Gasteiger partial charge is 0.504 e. The lowest BCUT2D eigenvalue weighted by Gasteiger charge is -2.15. The fourth-order valence-corrected chi connectivity index (χ4v) is 1.42. The molecule has 4 nitrogen and oxygen atoms in total. The maximum absolute atomic E-state index is 9.89. The van der Waals surface area contributed by atoms with Crippen molar-refractivity contribution >= 4 is 0 Å². The zero-order valence-corrected chi connectivity index (χ0v) is 9.15. The Morgan fingerprint density at radius 3 is 2.40 bits per heavy atom. The molecule has 0 radical (unpaired) electrons. The quantitative estimate of drug-likeness (QED) is 0.794. The van der Waals surface area contributed by atoms with E-state index in [2.05, 4.69) is 0 Å². The predicted molar refractivity (Wildman–Crippen MR) is 56.7 cm³/mol. The molecular weight excluding hydrogens is 196 g/mol. The maximum atomic E-state index is 9.89. The van der Waals surface area contributed by atoms with E-state index in [-0.39, 0.29) is 18.3 Å². The summed E-state index contributed by atoms with van der Waals surface area (Å²) in [6, 6.07) is 3.43. The second-order valence-electron chi connectivity index (χ2n) is 3.32. The van der Waals surface area contributed by atoms with Gasteiger partial charge in [0.15, 0.2) is 11.5 Å². The van der Waals surface area contributed by atoms with E-state index in [1.807, 2.05) is 6.92 Å². The van der Waals surface area contributed by atoms with E-state index in [0.717, 1.165) is 0 Å². The Morgan fingerprint density at radius 1 is 1.27 bits per heavy atom. The van der Waals surface area contributed by atoms with Gasteiger partial charge in [-0.3, -0.25) is 0 Å². The molecule has 0 amide bonds. The average molecular weight is 212 g/mol. The Balaban J connectivity index is 3.22. The molecule has 0 bridgehead atoms. The topological polar surface area (TPSA) is 58.9 Å². The first-order valence-corrected chi connectivity index (χ1v) is 4.70. The molecular formula is C11H16O4. The van der Waals surface area contributed by atoms with Gasteiger partial charge in [-0.25, -0.2) is 0 Å². The van der Waals surface area contributed by atoms with Crippen LogP contribution in [-0.2, 0) is 0 Å². The Kier molecular flexibility index (Phi) is 3.80. The maximum Gasteiger partial charge on any atom is 0.203 e. The zero-order valence-electron chi connectivity index (χ0n) is 9.15. The molecule has 0 saturated carbocycles. The summed E-state index contributed by atoms with van der Waals surface area (Å²) in [5.41, 5.74) is 0.648. The highest BCUT2D eigenvalue weighted by Gasteiger charge is 2.17. The normalized spacial score (nSPS) is 12.3. The third-order valence-electron chi connectivity index (χ3n) is 2.36. The molecule has 1 rings (SSSR count). The van der Waals surface area contributed by atoms with Crippen molar-refractivity contribution in [3.8, 4) is 17.2 Å². The Labute approximate surface area is 89.1 Å². The number of ether oxygens (including phenoxy) is 2. The highest BCUT2D eigenvalue weighted by molar-refractivity contribution is 5.55. The molecule has 0 fully saturated rings. The Hall–Kier alpha value is -1.42. The van der Waals surface area contributed by atoms with Crippen LogP contribution in [0, 0.1) is 0 Å². The molecule has 0 heterocycles. The van der Waals surface area contributed by atoms with Gasteiger partial charge in [0, 0.05) is 18.1 Å². The first kappa shape index (κ1) is 11.7. The second-order valence-corrected chi connectivity index (χ2v) is 3.32.